The molecule has 0 aliphatic carbocycles. The van der Waals surface area contributed by atoms with Crippen LogP contribution in [0.1, 0.15) is 53.9 Å². The Kier molecular flexibility index (Phi) is 14.0. The van der Waals surface area contributed by atoms with Crippen LogP contribution in [0.2, 0.25) is 0 Å². The van der Waals surface area contributed by atoms with Crippen molar-refractivity contribution in [1.29, 1.82) is 0 Å². The summed E-state index contributed by atoms with van der Waals surface area (Å²) in [6, 6.07) is -3.89. The summed E-state index contributed by atoms with van der Waals surface area (Å²) in [5.74, 6) is -2.35. The largest absolute Gasteiger partial charge is 0.388 e. The van der Waals surface area contributed by atoms with Crippen LogP contribution < -0.4 is 21.3 Å². The highest BCUT2D eigenvalue weighted by Gasteiger charge is 2.28. The lowest BCUT2D eigenvalue weighted by Gasteiger charge is -2.26. The van der Waals surface area contributed by atoms with Crippen LogP contribution in [0.5, 0.6) is 0 Å². The molecule has 0 aromatic heterocycles. The lowest BCUT2D eigenvalue weighted by Crippen LogP contribution is -2.56. The number of hydrogen-bond acceptors (Lipinski definition) is 6. The van der Waals surface area contributed by atoms with Crippen LogP contribution in [-0.4, -0.2) is 90.6 Å². The number of rotatable bonds is 14. The molecule has 5 atom stereocenters. The molecule has 5 N–H and O–H groups in total. The highest BCUT2D eigenvalue weighted by atomic mass is 19.1. The van der Waals surface area contributed by atoms with Crippen molar-refractivity contribution in [1.82, 2.24) is 26.2 Å². The maximum atomic E-state index is 13.0. The predicted molar refractivity (Wildman–Crippen MR) is 124 cm³/mol. The van der Waals surface area contributed by atoms with Crippen molar-refractivity contribution in [2.24, 2.45) is 5.92 Å². The number of carbonyl (C=O) groups excluding carboxylic acids is 5. The molecule has 1 unspecified atom stereocenters. The molecular weight excluding hydrogens is 449 g/mol. The predicted octanol–water partition coefficient (Wildman–Crippen LogP) is -0.770. The molecule has 0 spiro atoms. The topological polar surface area (TPSA) is 157 Å². The number of nitrogens with one attached hydrogen (secondary N) is 4. The summed E-state index contributed by atoms with van der Waals surface area (Å²) in [5.41, 5.74) is 0. The second kappa shape index (κ2) is 15.2. The fourth-order valence-corrected chi connectivity index (χ4v) is 3.01. The van der Waals surface area contributed by atoms with Gasteiger partial charge in [-0.05, 0) is 32.6 Å². The molecule has 0 radical (unpaired) electrons. The van der Waals surface area contributed by atoms with Crippen molar-refractivity contribution in [3.63, 3.8) is 0 Å². The molecule has 0 aromatic rings. The van der Waals surface area contributed by atoms with Gasteiger partial charge in [0.25, 0.3) is 0 Å². The standard InChI is InChI=1S/C22H40FN5O6/c1-12(2)10-17(26-15(5)29)22(34)25-13(3)20(32)24-14(4)21(33)27-16(18(30)11-23)8-9-19(31)28(6)7/h12-14,16-18,30H,8-11H2,1-7H3,(H,24,32)(H,25,34)(H,26,29)(H,27,33)/t13-,14-,16-,17-,18?/m0/s1. The van der Waals surface area contributed by atoms with E-state index < -0.39 is 54.7 Å². The first-order valence-electron chi connectivity index (χ1n) is 11.3. The van der Waals surface area contributed by atoms with E-state index in [0.29, 0.717) is 6.42 Å². The third-order valence-electron chi connectivity index (χ3n) is 5.02. The van der Waals surface area contributed by atoms with E-state index in [4.69, 9.17) is 0 Å². The Morgan fingerprint density at radius 3 is 1.79 bits per heavy atom. The smallest absolute Gasteiger partial charge is 0.243 e. The maximum absolute atomic E-state index is 13.0. The zero-order valence-electron chi connectivity index (χ0n) is 21.1. The molecular formula is C22H40FN5O6. The van der Waals surface area contributed by atoms with E-state index in [2.05, 4.69) is 21.3 Å². The van der Waals surface area contributed by atoms with Crippen LogP contribution in [0.3, 0.4) is 0 Å². The van der Waals surface area contributed by atoms with Gasteiger partial charge >= 0.3 is 0 Å². The minimum absolute atomic E-state index is 0.00927. The minimum atomic E-state index is -1.51. The Labute approximate surface area is 200 Å². The van der Waals surface area contributed by atoms with Gasteiger partial charge in [0.05, 0.1) is 6.04 Å². The van der Waals surface area contributed by atoms with E-state index in [9.17, 15) is 33.5 Å². The van der Waals surface area contributed by atoms with Gasteiger partial charge in [0.1, 0.15) is 30.9 Å². The molecule has 34 heavy (non-hydrogen) atoms. The molecule has 11 nitrogen and oxygen atoms in total. The fourth-order valence-electron chi connectivity index (χ4n) is 3.01. The summed E-state index contributed by atoms with van der Waals surface area (Å²) in [7, 11) is 3.11. The highest BCUT2D eigenvalue weighted by molar-refractivity contribution is 5.93. The quantitative estimate of drug-likeness (QED) is 0.216. The lowest BCUT2D eigenvalue weighted by molar-refractivity contribution is -0.133. The third kappa shape index (κ3) is 11.9. The Hall–Kier alpha value is -2.76. The fraction of sp³-hybridized carbons (Fsp3) is 0.773. The Morgan fingerprint density at radius 1 is 0.853 bits per heavy atom. The number of carbonyl (C=O) groups is 5. The van der Waals surface area contributed by atoms with Crippen LogP contribution in [0.15, 0.2) is 0 Å². The normalized spacial score (nSPS) is 15.4. The second-order valence-electron chi connectivity index (χ2n) is 9.01. The van der Waals surface area contributed by atoms with Gasteiger partial charge in [0.15, 0.2) is 0 Å². The monoisotopic (exact) mass is 489 g/mol. The average molecular weight is 490 g/mol. The van der Waals surface area contributed by atoms with Crippen LogP contribution in [0.4, 0.5) is 4.39 Å². The van der Waals surface area contributed by atoms with Gasteiger partial charge in [0, 0.05) is 27.4 Å². The van der Waals surface area contributed by atoms with Crippen LogP contribution >= 0.6 is 0 Å². The van der Waals surface area contributed by atoms with Gasteiger partial charge in [-0.3, -0.25) is 24.0 Å². The zero-order chi connectivity index (χ0) is 26.6. The molecule has 0 saturated carbocycles. The minimum Gasteiger partial charge on any atom is -0.388 e. The molecule has 0 saturated heterocycles. The first kappa shape index (κ1) is 31.2. The number of amides is 5. The van der Waals surface area contributed by atoms with Crippen molar-refractivity contribution >= 4 is 29.5 Å². The van der Waals surface area contributed by atoms with Gasteiger partial charge < -0.3 is 31.3 Å². The van der Waals surface area contributed by atoms with Gasteiger partial charge in [-0.15, -0.1) is 0 Å². The number of nitrogens with zero attached hydrogens (tertiary/aromatic N) is 1. The molecule has 0 aliphatic heterocycles. The number of hydrogen-bond donors (Lipinski definition) is 5. The zero-order valence-corrected chi connectivity index (χ0v) is 21.1. The average Bonchev–Trinajstić information content (AvgIpc) is 2.73. The molecule has 0 bridgehead atoms. The molecule has 12 heteroatoms. The first-order chi connectivity index (χ1) is 15.7. The first-order valence-corrected chi connectivity index (χ1v) is 11.3. The number of halogens is 1. The van der Waals surface area contributed by atoms with Gasteiger partial charge in [-0.25, -0.2) is 4.39 Å². The van der Waals surface area contributed by atoms with Crippen molar-refractivity contribution < 1.29 is 33.5 Å². The molecule has 0 fully saturated rings. The molecule has 0 heterocycles. The highest BCUT2D eigenvalue weighted by Crippen LogP contribution is 2.07. The lowest BCUT2D eigenvalue weighted by atomic mass is 10.0. The summed E-state index contributed by atoms with van der Waals surface area (Å²) in [5, 5.41) is 19.8. The van der Waals surface area contributed by atoms with E-state index in [1.54, 1.807) is 14.1 Å². The summed E-state index contributed by atoms with van der Waals surface area (Å²) < 4.78 is 13.0. The Balaban J connectivity index is 4.97. The maximum Gasteiger partial charge on any atom is 0.243 e. The summed E-state index contributed by atoms with van der Waals surface area (Å²) >= 11 is 0. The van der Waals surface area contributed by atoms with E-state index >= 15 is 0 Å². The summed E-state index contributed by atoms with van der Waals surface area (Å²) in [6.45, 7) is 6.78. The molecule has 0 rings (SSSR count). The SMILES string of the molecule is CC(=O)N[C@@H](CC(C)C)C(=O)N[C@@H](C)C(=O)N[C@@H](C)C(=O)N[C@@H](CCC(=O)N(C)C)C(O)CF. The molecule has 0 aliphatic rings. The third-order valence-corrected chi connectivity index (χ3v) is 5.02. The van der Waals surface area contributed by atoms with E-state index in [0.717, 1.165) is 0 Å². The Bertz CT molecular complexity index is 718. The number of aliphatic hydroxyl groups excluding tert-OH is 1. The number of aliphatic hydroxyl groups is 1. The summed E-state index contributed by atoms with van der Waals surface area (Å²) in [4.78, 5) is 62.0. The summed E-state index contributed by atoms with van der Waals surface area (Å²) in [6.07, 6.45) is -1.12. The molecule has 0 aromatic carbocycles. The molecule has 196 valence electrons. The second-order valence-corrected chi connectivity index (χ2v) is 9.01. The van der Waals surface area contributed by atoms with Crippen LogP contribution in [-0.2, 0) is 24.0 Å². The Morgan fingerprint density at radius 2 is 1.35 bits per heavy atom. The van der Waals surface area contributed by atoms with Crippen molar-refractivity contribution in [3.8, 4) is 0 Å². The van der Waals surface area contributed by atoms with E-state index in [1.807, 2.05) is 13.8 Å². The van der Waals surface area contributed by atoms with Gasteiger partial charge in [0.2, 0.25) is 29.5 Å². The molecule has 5 amide bonds. The van der Waals surface area contributed by atoms with Gasteiger partial charge in [-0.2, -0.15) is 0 Å². The van der Waals surface area contributed by atoms with Crippen molar-refractivity contribution in [2.75, 3.05) is 20.8 Å². The van der Waals surface area contributed by atoms with Crippen molar-refractivity contribution in [2.45, 2.75) is 84.2 Å². The van der Waals surface area contributed by atoms with Gasteiger partial charge in [-0.1, -0.05) is 13.8 Å². The number of alkyl halides is 1. The van der Waals surface area contributed by atoms with E-state index in [-0.39, 0.29) is 30.6 Å². The van der Waals surface area contributed by atoms with Crippen LogP contribution in [0, 0.1) is 5.92 Å². The van der Waals surface area contributed by atoms with Crippen molar-refractivity contribution in [3.05, 3.63) is 0 Å². The van der Waals surface area contributed by atoms with E-state index in [1.165, 1.54) is 25.7 Å². The van der Waals surface area contributed by atoms with Crippen LogP contribution in [0.25, 0.3) is 0 Å².